The van der Waals surface area contributed by atoms with Crippen molar-refractivity contribution < 1.29 is 0 Å². The summed E-state index contributed by atoms with van der Waals surface area (Å²) in [6.45, 7) is 3.44. The Bertz CT molecular complexity index is 526. The number of rotatable bonds is 4. The minimum absolute atomic E-state index is 0.0476. The average Bonchev–Trinajstić information content (AvgIpc) is 2.80. The fourth-order valence-electron chi connectivity index (χ4n) is 1.59. The summed E-state index contributed by atoms with van der Waals surface area (Å²) in [5, 5.41) is 0. The number of halogens is 1. The van der Waals surface area contributed by atoms with Crippen molar-refractivity contribution in [1.82, 2.24) is 9.13 Å². The minimum Gasteiger partial charge on any atom is -0.299 e. The van der Waals surface area contributed by atoms with Crippen molar-refractivity contribution in [1.29, 1.82) is 0 Å². The quantitative estimate of drug-likeness (QED) is 0.826. The summed E-state index contributed by atoms with van der Waals surface area (Å²) in [5.74, 6) is 0. The van der Waals surface area contributed by atoms with Gasteiger partial charge >= 0.3 is 5.69 Å². The van der Waals surface area contributed by atoms with E-state index in [-0.39, 0.29) is 5.69 Å². The summed E-state index contributed by atoms with van der Waals surface area (Å²) in [4.78, 5) is 13.0. The predicted octanol–water partition coefficient (Wildman–Crippen LogP) is 2.82. The van der Waals surface area contributed by atoms with Gasteiger partial charge in [-0.2, -0.15) is 0 Å². The van der Waals surface area contributed by atoms with Gasteiger partial charge < -0.3 is 0 Å². The first-order valence-electron chi connectivity index (χ1n) is 5.20. The summed E-state index contributed by atoms with van der Waals surface area (Å²) < 4.78 is 4.20. The first kappa shape index (κ1) is 11.5. The number of thiophene rings is 1. The molecule has 5 heteroatoms. The molecule has 0 fully saturated rings. The molecule has 0 saturated heterocycles. The van der Waals surface area contributed by atoms with E-state index in [1.165, 1.54) is 11.3 Å². The molecule has 86 valence electrons. The monoisotopic (exact) mass is 256 g/mol. The highest BCUT2D eigenvalue weighted by atomic mass is 35.5. The van der Waals surface area contributed by atoms with Gasteiger partial charge in [0, 0.05) is 23.8 Å². The fraction of sp³-hybridized carbons (Fsp3) is 0.364. The molecule has 0 unspecified atom stereocenters. The number of hydrogen-bond acceptors (Lipinski definition) is 2. The Hall–Kier alpha value is -1.00. The third kappa shape index (κ3) is 2.39. The van der Waals surface area contributed by atoms with Gasteiger partial charge in [0.05, 0.1) is 10.9 Å². The van der Waals surface area contributed by atoms with Crippen LogP contribution in [0.1, 0.15) is 18.2 Å². The summed E-state index contributed by atoms with van der Waals surface area (Å²) in [7, 11) is 0. The van der Waals surface area contributed by atoms with Gasteiger partial charge in [-0.3, -0.25) is 9.13 Å². The van der Waals surface area contributed by atoms with Crippen molar-refractivity contribution in [2.45, 2.75) is 26.4 Å². The zero-order chi connectivity index (χ0) is 11.5. The van der Waals surface area contributed by atoms with Crippen molar-refractivity contribution in [2.75, 3.05) is 0 Å². The predicted molar refractivity (Wildman–Crippen MR) is 67.4 cm³/mol. The first-order chi connectivity index (χ1) is 7.70. The Kier molecular flexibility index (Phi) is 3.51. The van der Waals surface area contributed by atoms with E-state index in [0.717, 1.165) is 22.2 Å². The maximum Gasteiger partial charge on any atom is 0.328 e. The molecule has 0 aromatic carbocycles. The lowest BCUT2D eigenvalue weighted by Crippen LogP contribution is -2.24. The van der Waals surface area contributed by atoms with Gasteiger partial charge in [0.15, 0.2) is 0 Å². The fourth-order valence-corrected chi connectivity index (χ4v) is 2.68. The zero-order valence-electron chi connectivity index (χ0n) is 9.02. The Morgan fingerprint density at radius 2 is 2.06 bits per heavy atom. The van der Waals surface area contributed by atoms with E-state index < -0.39 is 0 Å². The smallest absolute Gasteiger partial charge is 0.299 e. The van der Waals surface area contributed by atoms with Crippen LogP contribution in [0.4, 0.5) is 0 Å². The highest BCUT2D eigenvalue weighted by Crippen LogP contribution is 2.21. The van der Waals surface area contributed by atoms with Gasteiger partial charge in [-0.1, -0.05) is 18.5 Å². The highest BCUT2D eigenvalue weighted by molar-refractivity contribution is 7.16. The lowest BCUT2D eigenvalue weighted by Gasteiger charge is -1.99. The normalized spacial score (nSPS) is 10.9. The van der Waals surface area contributed by atoms with E-state index in [9.17, 15) is 4.79 Å². The van der Waals surface area contributed by atoms with Crippen LogP contribution >= 0.6 is 22.9 Å². The second-order valence-electron chi connectivity index (χ2n) is 3.61. The molecule has 16 heavy (non-hydrogen) atoms. The molecule has 2 aromatic heterocycles. The van der Waals surface area contributed by atoms with Crippen molar-refractivity contribution in [3.8, 4) is 0 Å². The van der Waals surface area contributed by atoms with E-state index in [4.69, 9.17) is 11.6 Å². The molecule has 2 heterocycles. The van der Waals surface area contributed by atoms with Crippen LogP contribution in [-0.4, -0.2) is 9.13 Å². The summed E-state index contributed by atoms with van der Waals surface area (Å²) >= 11 is 7.36. The summed E-state index contributed by atoms with van der Waals surface area (Å²) in [6.07, 6.45) is 4.63. The van der Waals surface area contributed by atoms with Crippen LogP contribution in [0.2, 0.25) is 4.34 Å². The number of aromatic nitrogens is 2. The molecule has 0 amide bonds. The van der Waals surface area contributed by atoms with Crippen LogP contribution in [0.3, 0.4) is 0 Å². The topological polar surface area (TPSA) is 26.9 Å². The third-order valence-corrected chi connectivity index (χ3v) is 3.55. The molecular formula is C11H13ClN2OS. The van der Waals surface area contributed by atoms with Crippen LogP contribution in [0, 0.1) is 0 Å². The highest BCUT2D eigenvalue weighted by Gasteiger charge is 2.04. The van der Waals surface area contributed by atoms with Gasteiger partial charge in [0.25, 0.3) is 0 Å². The van der Waals surface area contributed by atoms with Crippen molar-refractivity contribution in [3.63, 3.8) is 0 Å². The molecule has 0 N–H and O–H groups in total. The molecule has 3 nitrogen and oxygen atoms in total. The lowest BCUT2D eigenvalue weighted by atomic mass is 10.4. The number of imidazole rings is 1. The Morgan fingerprint density at radius 1 is 1.31 bits per heavy atom. The van der Waals surface area contributed by atoms with Gasteiger partial charge in [-0.15, -0.1) is 11.3 Å². The number of nitrogens with zero attached hydrogens (tertiary/aromatic N) is 2. The third-order valence-electron chi connectivity index (χ3n) is 2.34. The van der Waals surface area contributed by atoms with Gasteiger partial charge in [0.1, 0.15) is 0 Å². The molecule has 0 atom stereocenters. The molecule has 0 radical (unpaired) electrons. The van der Waals surface area contributed by atoms with Crippen molar-refractivity contribution in [3.05, 3.63) is 44.2 Å². The second-order valence-corrected chi connectivity index (χ2v) is 5.41. The maximum atomic E-state index is 11.9. The Morgan fingerprint density at radius 3 is 2.69 bits per heavy atom. The van der Waals surface area contributed by atoms with Crippen LogP contribution in [0.25, 0.3) is 0 Å². The lowest BCUT2D eigenvalue weighted by molar-refractivity contribution is 0.625. The molecule has 0 aliphatic carbocycles. The van der Waals surface area contributed by atoms with Gasteiger partial charge in [-0.05, 0) is 18.6 Å². The standard InChI is InChI=1S/C11H13ClN2OS/c1-2-5-13-6-7-14(11(13)15)8-9-3-4-10(12)16-9/h3-4,6-7H,2,5,8H2,1H3. The zero-order valence-corrected chi connectivity index (χ0v) is 10.6. The van der Waals surface area contributed by atoms with E-state index in [1.807, 2.05) is 24.5 Å². The number of aryl methyl sites for hydroxylation is 1. The molecule has 0 bridgehead atoms. The summed E-state index contributed by atoms with van der Waals surface area (Å²) in [5.41, 5.74) is 0.0476. The molecule has 2 rings (SSSR count). The van der Waals surface area contributed by atoms with E-state index >= 15 is 0 Å². The van der Waals surface area contributed by atoms with E-state index in [1.54, 1.807) is 9.13 Å². The second kappa shape index (κ2) is 4.89. The molecule has 0 saturated carbocycles. The van der Waals surface area contributed by atoms with Gasteiger partial charge in [-0.25, -0.2) is 4.79 Å². The minimum atomic E-state index is 0.0476. The van der Waals surface area contributed by atoms with Crippen molar-refractivity contribution in [2.24, 2.45) is 0 Å². The molecule has 0 aliphatic heterocycles. The van der Waals surface area contributed by atoms with Crippen LogP contribution in [0.5, 0.6) is 0 Å². The maximum absolute atomic E-state index is 11.9. The van der Waals surface area contributed by atoms with Crippen LogP contribution in [-0.2, 0) is 13.1 Å². The molecule has 0 aliphatic rings. The molecule has 2 aromatic rings. The number of hydrogen-bond donors (Lipinski definition) is 0. The molecule has 0 spiro atoms. The van der Waals surface area contributed by atoms with Crippen LogP contribution in [0.15, 0.2) is 29.3 Å². The SMILES string of the molecule is CCCn1ccn(Cc2ccc(Cl)s2)c1=O. The average molecular weight is 257 g/mol. The Balaban J connectivity index is 2.19. The van der Waals surface area contributed by atoms with Gasteiger partial charge in [0.2, 0.25) is 0 Å². The summed E-state index contributed by atoms with van der Waals surface area (Å²) in [6, 6.07) is 3.81. The molecular weight excluding hydrogens is 244 g/mol. The first-order valence-corrected chi connectivity index (χ1v) is 6.40. The van der Waals surface area contributed by atoms with Crippen molar-refractivity contribution >= 4 is 22.9 Å². The van der Waals surface area contributed by atoms with Crippen LogP contribution < -0.4 is 5.69 Å². The van der Waals surface area contributed by atoms with E-state index in [2.05, 4.69) is 6.92 Å². The largest absolute Gasteiger partial charge is 0.328 e. The van der Waals surface area contributed by atoms with E-state index in [0.29, 0.717) is 6.54 Å². The Labute approximate surface area is 103 Å².